The molecule has 3 rings (SSSR count). The number of H-pyrrole nitrogens is 1. The van der Waals surface area contributed by atoms with Gasteiger partial charge in [0.05, 0.1) is 12.0 Å². The Morgan fingerprint density at radius 2 is 2.10 bits per heavy atom. The molecule has 0 bridgehead atoms. The van der Waals surface area contributed by atoms with Gasteiger partial charge in [-0.05, 0) is 30.7 Å². The SMILES string of the molecule is O=C(O)C1CNC(c2cc3cc(O)ccc3[nH]2)CC1O. The lowest BCUT2D eigenvalue weighted by Gasteiger charge is -2.31. The molecule has 1 aromatic heterocycles. The number of phenolic OH excluding ortho intramolecular Hbond substituents is 1. The Kier molecular flexibility index (Phi) is 3.11. The number of aromatic hydroxyl groups is 1. The first-order chi connectivity index (χ1) is 9.54. The van der Waals surface area contributed by atoms with Crippen LogP contribution in [0.4, 0.5) is 0 Å². The summed E-state index contributed by atoms with van der Waals surface area (Å²) in [6.07, 6.45) is -0.519. The smallest absolute Gasteiger partial charge is 0.310 e. The molecule has 1 aromatic carbocycles. The third kappa shape index (κ3) is 2.23. The molecule has 1 aliphatic heterocycles. The van der Waals surface area contributed by atoms with Crippen molar-refractivity contribution in [3.8, 4) is 5.75 Å². The van der Waals surface area contributed by atoms with Gasteiger partial charge >= 0.3 is 5.97 Å². The van der Waals surface area contributed by atoms with Crippen LogP contribution >= 0.6 is 0 Å². The van der Waals surface area contributed by atoms with Crippen molar-refractivity contribution in [2.45, 2.75) is 18.6 Å². The van der Waals surface area contributed by atoms with E-state index in [2.05, 4.69) is 10.3 Å². The first kappa shape index (κ1) is 13.0. The number of aromatic nitrogens is 1. The molecule has 3 atom stereocenters. The molecule has 1 fully saturated rings. The number of aliphatic hydroxyl groups is 1. The number of hydrogen-bond acceptors (Lipinski definition) is 4. The molecular formula is C14H16N2O4. The number of aliphatic carboxylic acids is 1. The van der Waals surface area contributed by atoms with E-state index in [0.717, 1.165) is 16.6 Å². The van der Waals surface area contributed by atoms with Crippen LogP contribution < -0.4 is 5.32 Å². The van der Waals surface area contributed by atoms with Crippen LogP contribution in [0, 0.1) is 5.92 Å². The highest BCUT2D eigenvalue weighted by Gasteiger charge is 2.34. The fraction of sp³-hybridized carbons (Fsp3) is 0.357. The summed E-state index contributed by atoms with van der Waals surface area (Å²) in [5.41, 5.74) is 1.78. The number of carbonyl (C=O) groups is 1. The van der Waals surface area contributed by atoms with E-state index in [1.807, 2.05) is 6.07 Å². The maximum Gasteiger partial charge on any atom is 0.310 e. The van der Waals surface area contributed by atoms with Gasteiger partial charge in [0.15, 0.2) is 0 Å². The molecule has 0 radical (unpaired) electrons. The highest BCUT2D eigenvalue weighted by molar-refractivity contribution is 5.82. The molecule has 5 N–H and O–H groups in total. The highest BCUT2D eigenvalue weighted by Crippen LogP contribution is 2.29. The lowest BCUT2D eigenvalue weighted by molar-refractivity contribution is -0.147. The topological polar surface area (TPSA) is 106 Å². The van der Waals surface area contributed by atoms with Crippen LogP contribution in [-0.4, -0.2) is 38.9 Å². The lowest BCUT2D eigenvalue weighted by atomic mass is 9.90. The number of carboxylic acids is 1. The Bertz CT molecular complexity index is 652. The molecular weight excluding hydrogens is 260 g/mol. The van der Waals surface area contributed by atoms with Gasteiger partial charge in [-0.3, -0.25) is 4.79 Å². The van der Waals surface area contributed by atoms with Crippen molar-refractivity contribution in [2.24, 2.45) is 5.92 Å². The second-order valence-electron chi connectivity index (χ2n) is 5.20. The van der Waals surface area contributed by atoms with Gasteiger partial charge in [-0.2, -0.15) is 0 Å². The number of phenols is 1. The summed E-state index contributed by atoms with van der Waals surface area (Å²) in [4.78, 5) is 14.2. The zero-order chi connectivity index (χ0) is 14.3. The van der Waals surface area contributed by atoms with Gasteiger partial charge in [-0.25, -0.2) is 0 Å². The number of nitrogens with one attached hydrogen (secondary N) is 2. The van der Waals surface area contributed by atoms with Crippen molar-refractivity contribution in [3.63, 3.8) is 0 Å². The summed E-state index contributed by atoms with van der Waals surface area (Å²) < 4.78 is 0. The van der Waals surface area contributed by atoms with Crippen LogP contribution in [0.1, 0.15) is 18.2 Å². The summed E-state index contributed by atoms with van der Waals surface area (Å²) >= 11 is 0. The second-order valence-corrected chi connectivity index (χ2v) is 5.20. The molecule has 6 heteroatoms. The van der Waals surface area contributed by atoms with Crippen molar-refractivity contribution in [2.75, 3.05) is 6.54 Å². The molecule has 0 aliphatic carbocycles. The Balaban J connectivity index is 1.83. The fourth-order valence-electron chi connectivity index (χ4n) is 2.71. The molecule has 0 saturated carbocycles. The third-order valence-electron chi connectivity index (χ3n) is 3.84. The van der Waals surface area contributed by atoms with E-state index in [1.165, 1.54) is 0 Å². The van der Waals surface area contributed by atoms with E-state index in [1.54, 1.807) is 18.2 Å². The molecule has 2 aromatic rings. The van der Waals surface area contributed by atoms with E-state index >= 15 is 0 Å². The largest absolute Gasteiger partial charge is 0.508 e. The molecule has 1 saturated heterocycles. The number of aliphatic hydroxyl groups excluding tert-OH is 1. The van der Waals surface area contributed by atoms with Crippen molar-refractivity contribution in [1.82, 2.24) is 10.3 Å². The zero-order valence-electron chi connectivity index (χ0n) is 10.7. The van der Waals surface area contributed by atoms with Crippen molar-refractivity contribution >= 4 is 16.9 Å². The monoisotopic (exact) mass is 276 g/mol. The Morgan fingerprint density at radius 3 is 2.80 bits per heavy atom. The number of hydrogen-bond donors (Lipinski definition) is 5. The first-order valence-corrected chi connectivity index (χ1v) is 6.50. The summed E-state index contributed by atoms with van der Waals surface area (Å²) in [5, 5.41) is 32.4. The predicted octanol–water partition coefficient (Wildman–Crippen LogP) is 0.970. The Labute approximate surface area is 115 Å². The van der Waals surface area contributed by atoms with Gasteiger partial charge in [0.1, 0.15) is 5.75 Å². The minimum absolute atomic E-state index is 0.116. The van der Waals surface area contributed by atoms with E-state index in [-0.39, 0.29) is 18.3 Å². The molecule has 0 amide bonds. The highest BCUT2D eigenvalue weighted by atomic mass is 16.4. The van der Waals surface area contributed by atoms with Gasteiger partial charge in [0.25, 0.3) is 0 Å². The molecule has 1 aliphatic rings. The van der Waals surface area contributed by atoms with Crippen LogP contribution in [-0.2, 0) is 4.79 Å². The van der Waals surface area contributed by atoms with Crippen LogP contribution in [0.5, 0.6) is 5.75 Å². The molecule has 3 unspecified atom stereocenters. The van der Waals surface area contributed by atoms with Gasteiger partial charge in [0.2, 0.25) is 0 Å². The lowest BCUT2D eigenvalue weighted by Crippen LogP contribution is -2.45. The minimum atomic E-state index is -0.981. The van der Waals surface area contributed by atoms with Crippen LogP contribution in [0.15, 0.2) is 24.3 Å². The van der Waals surface area contributed by atoms with E-state index in [4.69, 9.17) is 5.11 Å². The van der Waals surface area contributed by atoms with Crippen LogP contribution in [0.25, 0.3) is 10.9 Å². The average molecular weight is 276 g/mol. The number of carboxylic acid groups (broad SMARTS) is 1. The summed E-state index contributed by atoms with van der Waals surface area (Å²) in [7, 11) is 0. The van der Waals surface area contributed by atoms with Crippen LogP contribution in [0.3, 0.4) is 0 Å². The van der Waals surface area contributed by atoms with Crippen molar-refractivity contribution in [3.05, 3.63) is 30.0 Å². The molecule has 0 spiro atoms. The van der Waals surface area contributed by atoms with E-state index in [0.29, 0.717) is 6.42 Å². The summed E-state index contributed by atoms with van der Waals surface area (Å²) in [5.74, 6) is -1.55. The van der Waals surface area contributed by atoms with Crippen LogP contribution in [0.2, 0.25) is 0 Å². The number of benzene rings is 1. The normalized spacial score (nSPS) is 26.8. The first-order valence-electron chi connectivity index (χ1n) is 6.50. The van der Waals surface area contributed by atoms with Gasteiger partial charge in [-0.1, -0.05) is 0 Å². The second kappa shape index (κ2) is 4.81. The average Bonchev–Trinajstić information content (AvgIpc) is 2.81. The number of piperidine rings is 1. The molecule has 6 nitrogen and oxygen atoms in total. The maximum atomic E-state index is 11.0. The summed E-state index contributed by atoms with van der Waals surface area (Å²) in [6.45, 7) is 0.238. The molecule has 106 valence electrons. The van der Waals surface area contributed by atoms with Crippen molar-refractivity contribution in [1.29, 1.82) is 0 Å². The fourth-order valence-corrected chi connectivity index (χ4v) is 2.71. The van der Waals surface area contributed by atoms with Crippen molar-refractivity contribution < 1.29 is 20.1 Å². The Hall–Kier alpha value is -2.05. The minimum Gasteiger partial charge on any atom is -0.508 e. The standard InChI is InChI=1S/C14H16N2O4/c17-8-1-2-10-7(3-8)4-12(16-10)11-5-13(18)9(6-15-11)14(19)20/h1-4,9,11,13,15-18H,5-6H2,(H,19,20). The maximum absolute atomic E-state index is 11.0. The predicted molar refractivity (Wildman–Crippen MR) is 72.5 cm³/mol. The van der Waals surface area contributed by atoms with E-state index < -0.39 is 18.0 Å². The van der Waals surface area contributed by atoms with Gasteiger partial charge < -0.3 is 25.6 Å². The number of rotatable bonds is 2. The van der Waals surface area contributed by atoms with E-state index in [9.17, 15) is 15.0 Å². The molecule has 2 heterocycles. The van der Waals surface area contributed by atoms with Gasteiger partial charge in [0, 0.05) is 29.2 Å². The quantitative estimate of drug-likeness (QED) is 0.562. The number of fused-ring (bicyclic) bond motifs is 1. The van der Waals surface area contributed by atoms with Gasteiger partial charge in [-0.15, -0.1) is 0 Å². The Morgan fingerprint density at radius 1 is 1.30 bits per heavy atom. The summed E-state index contributed by atoms with van der Waals surface area (Å²) in [6, 6.07) is 6.84. The molecule has 20 heavy (non-hydrogen) atoms. The number of aromatic amines is 1. The third-order valence-corrected chi connectivity index (χ3v) is 3.84. The zero-order valence-corrected chi connectivity index (χ0v) is 10.7.